The Bertz CT molecular complexity index is 175. The summed E-state index contributed by atoms with van der Waals surface area (Å²) < 4.78 is 3.98. The molecule has 5 nitrogen and oxygen atoms in total. The normalized spacial score (nSPS) is 9.00. The third kappa shape index (κ3) is 6.73. The lowest BCUT2D eigenvalue weighted by Gasteiger charge is -1.95. The van der Waals surface area contributed by atoms with Crippen molar-refractivity contribution < 1.29 is 24.2 Å². The van der Waals surface area contributed by atoms with Crippen molar-refractivity contribution in [3.05, 3.63) is 0 Å². The summed E-state index contributed by atoms with van der Waals surface area (Å²) in [5.74, 6) is -1.51. The summed E-state index contributed by atoms with van der Waals surface area (Å²) >= 11 is 0. The number of carbonyl (C=O) groups is 3. The van der Waals surface area contributed by atoms with E-state index in [1.54, 1.807) is 0 Å². The highest BCUT2D eigenvalue weighted by atomic mass is 16.6. The van der Waals surface area contributed by atoms with Crippen LogP contribution < -0.4 is 0 Å². The number of hydrogen-bond acceptors (Lipinski definition) is 4. The zero-order valence-corrected chi connectivity index (χ0v) is 6.49. The molecule has 0 saturated carbocycles. The molecule has 0 fully saturated rings. The number of esters is 1. The predicted octanol–water partition coefficient (Wildman–Crippen LogP) is 0.331. The van der Waals surface area contributed by atoms with Crippen molar-refractivity contribution in [1.29, 1.82) is 0 Å². The number of aliphatic carboxylic acids is 1. The van der Waals surface area contributed by atoms with Gasteiger partial charge in [-0.3, -0.25) is 14.4 Å². The molecular formula is C7H10O5. The molecule has 0 unspecified atom stereocenters. The first-order valence-corrected chi connectivity index (χ1v) is 3.51. The van der Waals surface area contributed by atoms with Crippen molar-refractivity contribution in [3.63, 3.8) is 0 Å². The molecule has 0 rings (SSSR count). The van der Waals surface area contributed by atoms with Crippen LogP contribution in [0.15, 0.2) is 0 Å². The van der Waals surface area contributed by atoms with Gasteiger partial charge < -0.3 is 9.84 Å². The molecule has 0 saturated heterocycles. The van der Waals surface area contributed by atoms with Crippen molar-refractivity contribution in [2.45, 2.75) is 25.7 Å². The highest BCUT2D eigenvalue weighted by Gasteiger charge is 2.02. The van der Waals surface area contributed by atoms with E-state index in [-0.39, 0.29) is 19.3 Å². The molecule has 0 spiro atoms. The maximum atomic E-state index is 10.5. The number of carbonyl (C=O) groups excluding carboxylic acids is 2. The maximum Gasteiger partial charge on any atom is 0.313 e. The van der Waals surface area contributed by atoms with E-state index in [1.165, 1.54) is 0 Å². The Hall–Kier alpha value is -1.39. The van der Waals surface area contributed by atoms with Gasteiger partial charge in [0.2, 0.25) is 0 Å². The molecule has 0 aliphatic heterocycles. The van der Waals surface area contributed by atoms with Gasteiger partial charge in [-0.1, -0.05) is 0 Å². The van der Waals surface area contributed by atoms with Gasteiger partial charge in [0.05, 0.1) is 0 Å². The minimum Gasteiger partial charge on any atom is -0.481 e. The summed E-state index contributed by atoms with van der Waals surface area (Å²) in [6.07, 6.45) is 0.975. The van der Waals surface area contributed by atoms with Crippen molar-refractivity contribution in [2.24, 2.45) is 0 Å². The monoisotopic (exact) mass is 174 g/mol. The minimum absolute atomic E-state index is 0.0361. The Balaban J connectivity index is 3.25. The molecule has 0 aromatic rings. The summed E-state index contributed by atoms with van der Waals surface area (Å²) in [5, 5.41) is 8.21. The second-order valence-electron chi connectivity index (χ2n) is 2.19. The van der Waals surface area contributed by atoms with Gasteiger partial charge >= 0.3 is 18.4 Å². The summed E-state index contributed by atoms with van der Waals surface area (Å²) in [5.41, 5.74) is 0. The summed E-state index contributed by atoms with van der Waals surface area (Å²) in [7, 11) is 0. The molecule has 0 aromatic heterocycles. The van der Waals surface area contributed by atoms with Crippen LogP contribution in [0.5, 0.6) is 0 Å². The Morgan fingerprint density at radius 3 is 2.33 bits per heavy atom. The van der Waals surface area contributed by atoms with Gasteiger partial charge in [-0.2, -0.15) is 0 Å². The quantitative estimate of drug-likeness (QED) is 0.271. The van der Waals surface area contributed by atoms with Crippen LogP contribution in [0, 0.1) is 0 Å². The molecule has 0 amide bonds. The first-order chi connectivity index (χ1) is 5.66. The number of hydrogen-bond donors (Lipinski definition) is 1. The van der Waals surface area contributed by atoms with E-state index in [2.05, 4.69) is 4.74 Å². The minimum atomic E-state index is -0.890. The zero-order valence-electron chi connectivity index (χ0n) is 6.49. The molecule has 0 heterocycles. The fourth-order valence-corrected chi connectivity index (χ4v) is 0.658. The van der Waals surface area contributed by atoms with Gasteiger partial charge in [0.1, 0.15) is 0 Å². The van der Waals surface area contributed by atoms with Gasteiger partial charge in [-0.05, 0) is 12.8 Å². The van der Waals surface area contributed by atoms with E-state index in [4.69, 9.17) is 5.11 Å². The summed E-state index contributed by atoms with van der Waals surface area (Å²) in [6, 6.07) is 0. The Kier molecular flexibility index (Phi) is 5.60. The van der Waals surface area contributed by atoms with Crippen LogP contribution in [0.3, 0.4) is 0 Å². The van der Waals surface area contributed by atoms with Crippen molar-refractivity contribution >= 4 is 18.4 Å². The standard InChI is InChI=1S/C7H10O5/c8-5-12-7(11)4-2-1-3-6(9)10/h5H,1-4H2,(H,9,10). The van der Waals surface area contributed by atoms with Gasteiger partial charge in [-0.15, -0.1) is 0 Å². The fourth-order valence-electron chi connectivity index (χ4n) is 0.658. The van der Waals surface area contributed by atoms with E-state index in [9.17, 15) is 14.4 Å². The van der Waals surface area contributed by atoms with Gasteiger partial charge in [0.15, 0.2) is 0 Å². The lowest BCUT2D eigenvalue weighted by Crippen LogP contribution is -2.02. The lowest BCUT2D eigenvalue weighted by molar-refractivity contribution is -0.151. The second kappa shape index (κ2) is 6.33. The second-order valence-corrected chi connectivity index (χ2v) is 2.19. The van der Waals surface area contributed by atoms with Gasteiger partial charge in [0, 0.05) is 12.8 Å². The average Bonchev–Trinajstić information content (AvgIpc) is 1.98. The SMILES string of the molecule is O=COC(=O)CCCCC(=O)O. The van der Waals surface area contributed by atoms with E-state index < -0.39 is 11.9 Å². The average molecular weight is 174 g/mol. The van der Waals surface area contributed by atoms with E-state index in [0.717, 1.165) is 0 Å². The van der Waals surface area contributed by atoms with Crippen LogP contribution in [0.1, 0.15) is 25.7 Å². The van der Waals surface area contributed by atoms with Crippen LogP contribution in [-0.2, 0) is 19.1 Å². The smallest absolute Gasteiger partial charge is 0.313 e. The lowest BCUT2D eigenvalue weighted by atomic mass is 10.2. The molecule has 0 bridgehead atoms. The maximum absolute atomic E-state index is 10.5. The topological polar surface area (TPSA) is 80.7 Å². The first kappa shape index (κ1) is 10.6. The molecule has 0 aromatic carbocycles. The fraction of sp³-hybridized carbons (Fsp3) is 0.571. The number of carboxylic acids is 1. The Morgan fingerprint density at radius 2 is 1.83 bits per heavy atom. The van der Waals surface area contributed by atoms with Crippen LogP contribution in [0.25, 0.3) is 0 Å². The van der Waals surface area contributed by atoms with Gasteiger partial charge in [0.25, 0.3) is 0 Å². The molecule has 68 valence electrons. The van der Waals surface area contributed by atoms with Gasteiger partial charge in [-0.25, -0.2) is 0 Å². The zero-order chi connectivity index (χ0) is 9.40. The van der Waals surface area contributed by atoms with Crippen molar-refractivity contribution in [2.75, 3.05) is 0 Å². The number of carboxylic acid groups (broad SMARTS) is 1. The van der Waals surface area contributed by atoms with E-state index >= 15 is 0 Å². The van der Waals surface area contributed by atoms with Crippen LogP contribution in [0.2, 0.25) is 0 Å². The van der Waals surface area contributed by atoms with Crippen molar-refractivity contribution in [3.8, 4) is 0 Å². The van der Waals surface area contributed by atoms with E-state index in [0.29, 0.717) is 12.8 Å². The first-order valence-electron chi connectivity index (χ1n) is 3.51. The summed E-state index contributed by atoms with van der Waals surface area (Å²) in [6.45, 7) is 0.0690. The Labute approximate surface area is 69.3 Å². The van der Waals surface area contributed by atoms with Crippen molar-refractivity contribution in [1.82, 2.24) is 0 Å². The molecule has 5 heteroatoms. The Morgan fingerprint density at radius 1 is 1.25 bits per heavy atom. The molecule has 0 atom stereocenters. The summed E-state index contributed by atoms with van der Waals surface area (Å²) in [4.78, 5) is 30.1. The molecular weight excluding hydrogens is 164 g/mol. The van der Waals surface area contributed by atoms with Crippen LogP contribution in [-0.4, -0.2) is 23.5 Å². The molecule has 12 heavy (non-hydrogen) atoms. The van der Waals surface area contributed by atoms with Crippen LogP contribution in [0.4, 0.5) is 0 Å². The van der Waals surface area contributed by atoms with Crippen LogP contribution >= 0.6 is 0 Å². The highest BCUT2D eigenvalue weighted by molar-refractivity contribution is 5.76. The highest BCUT2D eigenvalue weighted by Crippen LogP contribution is 2.00. The number of unbranched alkanes of at least 4 members (excludes halogenated alkanes) is 1. The van der Waals surface area contributed by atoms with E-state index in [1.807, 2.05) is 0 Å². The largest absolute Gasteiger partial charge is 0.481 e. The molecule has 0 radical (unpaired) electrons. The number of ether oxygens (including phenoxy) is 1. The number of rotatable bonds is 6. The molecule has 1 N–H and O–H groups in total. The third-order valence-electron chi connectivity index (χ3n) is 1.20. The predicted molar refractivity (Wildman–Crippen MR) is 38.3 cm³/mol. The molecule has 0 aliphatic rings. The third-order valence-corrected chi connectivity index (χ3v) is 1.20. The molecule has 0 aliphatic carbocycles.